The Morgan fingerprint density at radius 2 is 2.27 bits per heavy atom. The van der Waals surface area contributed by atoms with Crippen molar-refractivity contribution in [1.82, 2.24) is 0 Å². The maximum atomic E-state index is 8.66. The van der Waals surface area contributed by atoms with Gasteiger partial charge in [-0.3, -0.25) is 0 Å². The average Bonchev–Trinajstić information content (AvgIpc) is 2.18. The fraction of sp³-hybridized carbons (Fsp3) is 0.455. The Morgan fingerprint density at radius 1 is 1.53 bits per heavy atom. The Hall–Kier alpha value is -0.580. The predicted octanol–water partition coefficient (Wildman–Crippen LogP) is 2.23. The van der Waals surface area contributed by atoms with Crippen LogP contribution in [0.1, 0.15) is 24.9 Å². The van der Waals surface area contributed by atoms with Crippen LogP contribution in [0.4, 0.5) is 0 Å². The second-order valence-corrected chi connectivity index (χ2v) is 4.31. The van der Waals surface area contributed by atoms with Gasteiger partial charge in [0.15, 0.2) is 0 Å². The van der Waals surface area contributed by atoms with E-state index in [0.29, 0.717) is 13.0 Å². The summed E-state index contributed by atoms with van der Waals surface area (Å²) in [6, 6.07) is 5.73. The molecule has 1 aromatic carbocycles. The van der Waals surface area contributed by atoms with Crippen molar-refractivity contribution < 1.29 is 9.84 Å². The molecule has 0 saturated carbocycles. The number of hydrogen-bond donors (Lipinski definition) is 2. The van der Waals surface area contributed by atoms with Crippen LogP contribution >= 0.6 is 15.9 Å². The maximum absolute atomic E-state index is 8.66. The minimum absolute atomic E-state index is 0.0535. The molecule has 0 aliphatic heterocycles. The van der Waals surface area contributed by atoms with Crippen LogP contribution in [0.2, 0.25) is 0 Å². The minimum Gasteiger partial charge on any atom is -0.493 e. The van der Waals surface area contributed by atoms with Gasteiger partial charge in [0.1, 0.15) is 5.75 Å². The first-order valence-electron chi connectivity index (χ1n) is 4.94. The molecular formula is C11H16BrNO2. The molecule has 0 aliphatic rings. The van der Waals surface area contributed by atoms with Crippen LogP contribution in [-0.4, -0.2) is 18.3 Å². The summed E-state index contributed by atoms with van der Waals surface area (Å²) < 4.78 is 6.51. The van der Waals surface area contributed by atoms with Crippen molar-refractivity contribution in [3.05, 3.63) is 28.2 Å². The summed E-state index contributed by atoms with van der Waals surface area (Å²) in [5, 5.41) is 8.66. The highest BCUT2D eigenvalue weighted by atomic mass is 79.9. The Balaban J connectivity index is 2.77. The molecule has 0 fully saturated rings. The standard InChI is InChI=1S/C11H16BrNO2/c1-8(13)10-4-3-9(12)7-11(10)15-6-2-5-14/h3-4,7-8,14H,2,5-6,13H2,1H3. The summed E-state index contributed by atoms with van der Waals surface area (Å²) in [6.07, 6.45) is 0.630. The molecule has 15 heavy (non-hydrogen) atoms. The highest BCUT2D eigenvalue weighted by molar-refractivity contribution is 9.10. The van der Waals surface area contributed by atoms with E-state index in [1.165, 1.54) is 0 Å². The van der Waals surface area contributed by atoms with Gasteiger partial charge in [-0.1, -0.05) is 22.0 Å². The summed E-state index contributed by atoms with van der Waals surface area (Å²) in [5.74, 6) is 0.785. The summed E-state index contributed by atoms with van der Waals surface area (Å²) in [5.41, 5.74) is 6.81. The van der Waals surface area contributed by atoms with Crippen LogP contribution in [0, 0.1) is 0 Å². The lowest BCUT2D eigenvalue weighted by atomic mass is 10.1. The Kier molecular flexibility index (Phi) is 5.08. The van der Waals surface area contributed by atoms with Gasteiger partial charge in [0.2, 0.25) is 0 Å². The average molecular weight is 274 g/mol. The second-order valence-electron chi connectivity index (χ2n) is 3.40. The third-order valence-electron chi connectivity index (χ3n) is 2.03. The molecule has 1 aromatic rings. The van der Waals surface area contributed by atoms with Gasteiger partial charge < -0.3 is 15.6 Å². The number of ether oxygens (including phenoxy) is 1. The SMILES string of the molecule is CC(N)c1ccc(Br)cc1OCCCO. The number of rotatable bonds is 5. The lowest BCUT2D eigenvalue weighted by Gasteiger charge is -2.14. The van der Waals surface area contributed by atoms with E-state index >= 15 is 0 Å². The largest absolute Gasteiger partial charge is 0.493 e. The van der Waals surface area contributed by atoms with Gasteiger partial charge in [0.05, 0.1) is 6.61 Å². The van der Waals surface area contributed by atoms with Crippen molar-refractivity contribution in [3.8, 4) is 5.75 Å². The molecule has 0 bridgehead atoms. The van der Waals surface area contributed by atoms with Crippen LogP contribution in [0.25, 0.3) is 0 Å². The van der Waals surface area contributed by atoms with Gasteiger partial charge in [-0.25, -0.2) is 0 Å². The van der Waals surface area contributed by atoms with E-state index in [9.17, 15) is 0 Å². The molecule has 0 spiro atoms. The van der Waals surface area contributed by atoms with E-state index in [2.05, 4.69) is 15.9 Å². The maximum Gasteiger partial charge on any atom is 0.125 e. The zero-order chi connectivity index (χ0) is 11.3. The second kappa shape index (κ2) is 6.10. The van der Waals surface area contributed by atoms with E-state index < -0.39 is 0 Å². The lowest BCUT2D eigenvalue weighted by Crippen LogP contribution is -2.09. The number of hydrogen-bond acceptors (Lipinski definition) is 3. The molecule has 1 rings (SSSR count). The smallest absolute Gasteiger partial charge is 0.125 e. The summed E-state index contributed by atoms with van der Waals surface area (Å²) in [7, 11) is 0. The number of halogens is 1. The van der Waals surface area contributed by atoms with E-state index in [4.69, 9.17) is 15.6 Å². The molecule has 4 heteroatoms. The first-order chi connectivity index (χ1) is 7.15. The first kappa shape index (κ1) is 12.5. The molecule has 84 valence electrons. The number of benzene rings is 1. The minimum atomic E-state index is -0.0535. The van der Waals surface area contributed by atoms with E-state index in [1.807, 2.05) is 25.1 Å². The van der Waals surface area contributed by atoms with Crippen molar-refractivity contribution in [1.29, 1.82) is 0 Å². The normalized spacial score (nSPS) is 12.5. The van der Waals surface area contributed by atoms with E-state index in [-0.39, 0.29) is 12.6 Å². The zero-order valence-electron chi connectivity index (χ0n) is 8.74. The molecule has 0 aliphatic carbocycles. The van der Waals surface area contributed by atoms with Crippen molar-refractivity contribution in [2.45, 2.75) is 19.4 Å². The van der Waals surface area contributed by atoms with E-state index in [1.54, 1.807) is 0 Å². The number of nitrogens with two attached hydrogens (primary N) is 1. The zero-order valence-corrected chi connectivity index (χ0v) is 10.3. The molecule has 0 amide bonds. The third kappa shape index (κ3) is 3.81. The fourth-order valence-corrected chi connectivity index (χ4v) is 1.60. The number of aliphatic hydroxyl groups excluding tert-OH is 1. The van der Waals surface area contributed by atoms with Gasteiger partial charge in [0.25, 0.3) is 0 Å². The highest BCUT2D eigenvalue weighted by Gasteiger charge is 2.08. The molecular weight excluding hydrogens is 258 g/mol. The molecule has 0 aromatic heterocycles. The lowest BCUT2D eigenvalue weighted by molar-refractivity contribution is 0.232. The first-order valence-corrected chi connectivity index (χ1v) is 5.73. The van der Waals surface area contributed by atoms with Crippen molar-refractivity contribution in [2.75, 3.05) is 13.2 Å². The topological polar surface area (TPSA) is 55.5 Å². The molecule has 0 radical (unpaired) electrons. The summed E-state index contributed by atoms with van der Waals surface area (Å²) in [6.45, 7) is 2.57. The van der Waals surface area contributed by atoms with Crippen LogP contribution in [0.3, 0.4) is 0 Å². The van der Waals surface area contributed by atoms with Gasteiger partial charge in [-0.05, 0) is 19.1 Å². The fourth-order valence-electron chi connectivity index (χ4n) is 1.26. The van der Waals surface area contributed by atoms with Gasteiger partial charge in [0, 0.05) is 29.1 Å². The van der Waals surface area contributed by atoms with Crippen LogP contribution in [0.5, 0.6) is 5.75 Å². The Bertz CT molecular complexity index is 315. The van der Waals surface area contributed by atoms with Crippen LogP contribution in [0.15, 0.2) is 22.7 Å². The van der Waals surface area contributed by atoms with Crippen molar-refractivity contribution in [2.24, 2.45) is 5.73 Å². The molecule has 1 unspecified atom stereocenters. The van der Waals surface area contributed by atoms with Crippen molar-refractivity contribution in [3.63, 3.8) is 0 Å². The number of aliphatic hydroxyl groups is 1. The van der Waals surface area contributed by atoms with E-state index in [0.717, 1.165) is 15.8 Å². The summed E-state index contributed by atoms with van der Waals surface area (Å²) >= 11 is 3.38. The molecule has 3 nitrogen and oxygen atoms in total. The van der Waals surface area contributed by atoms with Crippen LogP contribution < -0.4 is 10.5 Å². The van der Waals surface area contributed by atoms with Gasteiger partial charge >= 0.3 is 0 Å². The quantitative estimate of drug-likeness (QED) is 0.809. The predicted molar refractivity (Wildman–Crippen MR) is 63.9 cm³/mol. The third-order valence-corrected chi connectivity index (χ3v) is 2.52. The van der Waals surface area contributed by atoms with Crippen LogP contribution in [-0.2, 0) is 0 Å². The van der Waals surface area contributed by atoms with Gasteiger partial charge in [-0.15, -0.1) is 0 Å². The Labute approximate surface area is 98.4 Å². The molecule has 1 atom stereocenters. The Morgan fingerprint density at radius 3 is 2.87 bits per heavy atom. The highest BCUT2D eigenvalue weighted by Crippen LogP contribution is 2.27. The summed E-state index contributed by atoms with van der Waals surface area (Å²) in [4.78, 5) is 0. The monoisotopic (exact) mass is 273 g/mol. The van der Waals surface area contributed by atoms with Gasteiger partial charge in [-0.2, -0.15) is 0 Å². The molecule has 0 heterocycles. The van der Waals surface area contributed by atoms with Crippen molar-refractivity contribution >= 4 is 15.9 Å². The molecule has 0 saturated heterocycles. The molecule has 3 N–H and O–H groups in total.